The Morgan fingerprint density at radius 1 is 1.33 bits per heavy atom. The summed E-state index contributed by atoms with van der Waals surface area (Å²) in [5.41, 5.74) is 1.21. The monoisotopic (exact) mass is 165 g/mol. The molecule has 0 aliphatic carbocycles. The van der Waals surface area contributed by atoms with Crippen LogP contribution in [0.2, 0.25) is 0 Å². The van der Waals surface area contributed by atoms with Crippen LogP contribution in [-0.2, 0) is 0 Å². The standard InChI is InChI=1S/C8H6FN.C2H6/c1-6-4-8(9)3-2-7(6)5-10;1-2/h2-4H,1H3;1-2H3. The number of hydrogen-bond acceptors (Lipinski definition) is 1. The van der Waals surface area contributed by atoms with E-state index in [1.54, 1.807) is 6.92 Å². The largest absolute Gasteiger partial charge is 0.207 e. The van der Waals surface area contributed by atoms with Crippen molar-refractivity contribution in [3.8, 4) is 6.07 Å². The van der Waals surface area contributed by atoms with E-state index in [4.69, 9.17) is 5.26 Å². The Bertz CT molecular complexity index is 286. The zero-order chi connectivity index (χ0) is 9.56. The van der Waals surface area contributed by atoms with Crippen molar-refractivity contribution in [3.05, 3.63) is 35.1 Å². The first-order valence-electron chi connectivity index (χ1n) is 3.90. The molecule has 0 amide bonds. The molecule has 0 unspecified atom stereocenters. The first-order chi connectivity index (χ1) is 5.74. The average Bonchev–Trinajstić information content (AvgIpc) is 2.08. The second kappa shape index (κ2) is 5.31. The molecule has 1 aromatic carbocycles. The van der Waals surface area contributed by atoms with Gasteiger partial charge in [-0.1, -0.05) is 13.8 Å². The van der Waals surface area contributed by atoms with Gasteiger partial charge in [-0.2, -0.15) is 5.26 Å². The van der Waals surface area contributed by atoms with Gasteiger partial charge in [0, 0.05) is 0 Å². The number of aryl methyl sites for hydroxylation is 1. The van der Waals surface area contributed by atoms with E-state index in [0.29, 0.717) is 11.1 Å². The lowest BCUT2D eigenvalue weighted by molar-refractivity contribution is 0.626. The van der Waals surface area contributed by atoms with Gasteiger partial charge in [0.1, 0.15) is 5.82 Å². The van der Waals surface area contributed by atoms with Gasteiger partial charge in [-0.05, 0) is 30.7 Å². The van der Waals surface area contributed by atoms with Crippen molar-refractivity contribution in [2.75, 3.05) is 0 Å². The van der Waals surface area contributed by atoms with Crippen molar-refractivity contribution < 1.29 is 4.39 Å². The molecular weight excluding hydrogens is 153 g/mol. The lowest BCUT2D eigenvalue weighted by Crippen LogP contribution is -1.82. The van der Waals surface area contributed by atoms with Crippen molar-refractivity contribution in [1.82, 2.24) is 0 Å². The van der Waals surface area contributed by atoms with Gasteiger partial charge < -0.3 is 0 Å². The van der Waals surface area contributed by atoms with E-state index in [1.165, 1.54) is 18.2 Å². The fraction of sp³-hybridized carbons (Fsp3) is 0.300. The topological polar surface area (TPSA) is 23.8 Å². The fourth-order valence-electron chi connectivity index (χ4n) is 0.753. The molecule has 0 saturated heterocycles. The zero-order valence-corrected chi connectivity index (χ0v) is 7.56. The summed E-state index contributed by atoms with van der Waals surface area (Å²) in [6.07, 6.45) is 0. The second-order valence-electron chi connectivity index (χ2n) is 2.07. The maximum absolute atomic E-state index is 12.4. The smallest absolute Gasteiger partial charge is 0.123 e. The molecule has 0 atom stereocenters. The van der Waals surface area contributed by atoms with Crippen LogP contribution in [0.4, 0.5) is 4.39 Å². The summed E-state index contributed by atoms with van der Waals surface area (Å²) >= 11 is 0. The van der Waals surface area contributed by atoms with Gasteiger partial charge in [-0.3, -0.25) is 0 Å². The van der Waals surface area contributed by atoms with E-state index in [9.17, 15) is 4.39 Å². The van der Waals surface area contributed by atoms with Gasteiger partial charge in [-0.25, -0.2) is 4.39 Å². The van der Waals surface area contributed by atoms with Gasteiger partial charge >= 0.3 is 0 Å². The van der Waals surface area contributed by atoms with Crippen molar-refractivity contribution in [2.24, 2.45) is 0 Å². The first kappa shape index (κ1) is 10.6. The van der Waals surface area contributed by atoms with Crippen LogP contribution in [0.5, 0.6) is 0 Å². The lowest BCUT2D eigenvalue weighted by atomic mass is 10.1. The van der Waals surface area contributed by atoms with Crippen LogP contribution in [0.15, 0.2) is 18.2 Å². The van der Waals surface area contributed by atoms with Crippen LogP contribution in [0, 0.1) is 24.1 Å². The summed E-state index contributed by atoms with van der Waals surface area (Å²) < 4.78 is 12.4. The quantitative estimate of drug-likeness (QED) is 0.579. The Morgan fingerprint density at radius 3 is 2.33 bits per heavy atom. The molecule has 0 fully saturated rings. The minimum atomic E-state index is -0.295. The summed E-state index contributed by atoms with van der Waals surface area (Å²) in [5, 5.41) is 8.44. The molecule has 1 aromatic rings. The van der Waals surface area contributed by atoms with Gasteiger partial charge in [0.05, 0.1) is 11.6 Å². The summed E-state index contributed by atoms with van der Waals surface area (Å²) in [4.78, 5) is 0. The third kappa shape index (κ3) is 2.71. The predicted molar refractivity (Wildman–Crippen MR) is 47.2 cm³/mol. The Kier molecular flexibility index (Phi) is 4.71. The van der Waals surface area contributed by atoms with Crippen LogP contribution < -0.4 is 0 Å². The van der Waals surface area contributed by atoms with E-state index in [1.807, 2.05) is 19.9 Å². The molecule has 2 heteroatoms. The molecule has 0 aromatic heterocycles. The Labute approximate surface area is 72.5 Å². The summed E-state index contributed by atoms with van der Waals surface area (Å²) in [6, 6.07) is 6.06. The molecular formula is C10H12FN. The molecule has 0 radical (unpaired) electrons. The fourth-order valence-corrected chi connectivity index (χ4v) is 0.753. The van der Waals surface area contributed by atoms with Crippen LogP contribution in [0.3, 0.4) is 0 Å². The van der Waals surface area contributed by atoms with Crippen LogP contribution in [-0.4, -0.2) is 0 Å². The molecule has 64 valence electrons. The molecule has 1 nitrogen and oxygen atoms in total. The average molecular weight is 165 g/mol. The number of hydrogen-bond donors (Lipinski definition) is 0. The highest BCUT2D eigenvalue weighted by atomic mass is 19.1. The molecule has 0 spiro atoms. The molecule has 12 heavy (non-hydrogen) atoms. The number of benzene rings is 1. The summed E-state index contributed by atoms with van der Waals surface area (Å²) in [6.45, 7) is 5.71. The molecule has 0 aliphatic rings. The van der Waals surface area contributed by atoms with E-state index in [-0.39, 0.29) is 5.82 Å². The maximum atomic E-state index is 12.4. The van der Waals surface area contributed by atoms with Crippen LogP contribution in [0.25, 0.3) is 0 Å². The van der Waals surface area contributed by atoms with Crippen LogP contribution >= 0.6 is 0 Å². The van der Waals surface area contributed by atoms with Gasteiger partial charge in [-0.15, -0.1) is 0 Å². The molecule has 0 N–H and O–H groups in total. The number of halogens is 1. The third-order valence-corrected chi connectivity index (χ3v) is 1.31. The van der Waals surface area contributed by atoms with Gasteiger partial charge in [0.15, 0.2) is 0 Å². The SMILES string of the molecule is CC.Cc1cc(F)ccc1C#N. The lowest BCUT2D eigenvalue weighted by Gasteiger charge is -1.93. The minimum Gasteiger partial charge on any atom is -0.207 e. The normalized spacial score (nSPS) is 7.92. The molecule has 0 bridgehead atoms. The first-order valence-corrected chi connectivity index (χ1v) is 3.90. The van der Waals surface area contributed by atoms with Gasteiger partial charge in [0.2, 0.25) is 0 Å². The number of rotatable bonds is 0. The second-order valence-corrected chi connectivity index (χ2v) is 2.07. The number of nitriles is 1. The highest BCUT2D eigenvalue weighted by Crippen LogP contribution is 2.07. The summed E-state index contributed by atoms with van der Waals surface area (Å²) in [7, 11) is 0. The van der Waals surface area contributed by atoms with Crippen LogP contribution in [0.1, 0.15) is 25.0 Å². The zero-order valence-electron chi connectivity index (χ0n) is 7.56. The van der Waals surface area contributed by atoms with Crippen molar-refractivity contribution in [1.29, 1.82) is 5.26 Å². The Hall–Kier alpha value is -1.36. The van der Waals surface area contributed by atoms with Crippen molar-refractivity contribution in [3.63, 3.8) is 0 Å². The summed E-state index contributed by atoms with van der Waals surface area (Å²) in [5.74, 6) is -0.295. The molecule has 1 rings (SSSR count). The minimum absolute atomic E-state index is 0.295. The van der Waals surface area contributed by atoms with E-state index < -0.39 is 0 Å². The highest BCUT2D eigenvalue weighted by molar-refractivity contribution is 5.36. The van der Waals surface area contributed by atoms with E-state index in [0.717, 1.165) is 0 Å². The molecule has 0 saturated carbocycles. The van der Waals surface area contributed by atoms with Gasteiger partial charge in [0.25, 0.3) is 0 Å². The third-order valence-electron chi connectivity index (χ3n) is 1.31. The maximum Gasteiger partial charge on any atom is 0.123 e. The Morgan fingerprint density at radius 2 is 1.92 bits per heavy atom. The van der Waals surface area contributed by atoms with E-state index >= 15 is 0 Å². The Balaban J connectivity index is 0.000000561. The van der Waals surface area contributed by atoms with Crippen molar-refractivity contribution >= 4 is 0 Å². The molecule has 0 aliphatic heterocycles. The molecule has 0 heterocycles. The van der Waals surface area contributed by atoms with Crippen molar-refractivity contribution in [2.45, 2.75) is 20.8 Å². The predicted octanol–water partition coefficient (Wildman–Crippen LogP) is 3.03. The highest BCUT2D eigenvalue weighted by Gasteiger charge is 1.96. The number of nitrogens with zero attached hydrogens (tertiary/aromatic N) is 1. The van der Waals surface area contributed by atoms with E-state index in [2.05, 4.69) is 0 Å².